The highest BCUT2D eigenvalue weighted by atomic mass is 14.1. The van der Waals surface area contributed by atoms with Crippen LogP contribution < -0.4 is 0 Å². The van der Waals surface area contributed by atoms with Gasteiger partial charge in [-0.15, -0.1) is 19.3 Å². The van der Waals surface area contributed by atoms with Gasteiger partial charge in [0.05, 0.1) is 5.57 Å². The van der Waals surface area contributed by atoms with Crippen LogP contribution in [0.2, 0.25) is 0 Å². The van der Waals surface area contributed by atoms with E-state index in [1.165, 1.54) is 0 Å². The van der Waals surface area contributed by atoms with E-state index in [0.29, 0.717) is 5.57 Å². The van der Waals surface area contributed by atoms with Crippen molar-refractivity contribution in [2.45, 2.75) is 0 Å². The Kier molecular flexibility index (Phi) is 1.37. The van der Waals surface area contributed by atoms with Crippen LogP contribution in [-0.4, -0.2) is 0 Å². The largest absolute Gasteiger partial charge is 0.115 e. The molecule has 0 aromatic carbocycles. The van der Waals surface area contributed by atoms with Crippen molar-refractivity contribution < 1.29 is 0 Å². The number of allylic oxidation sites excluding steroid dienone is 4. The summed E-state index contributed by atoms with van der Waals surface area (Å²) in [6, 6.07) is 0. The van der Waals surface area contributed by atoms with E-state index < -0.39 is 0 Å². The van der Waals surface area contributed by atoms with Crippen LogP contribution in [0.4, 0.5) is 0 Å². The van der Waals surface area contributed by atoms with Crippen molar-refractivity contribution in [2.75, 3.05) is 0 Å². The summed E-state index contributed by atoms with van der Waals surface area (Å²) < 4.78 is 0. The summed E-state index contributed by atoms with van der Waals surface area (Å²) in [6.07, 6.45) is 17.1. The topological polar surface area (TPSA) is 0 Å². The highest BCUT2D eigenvalue weighted by molar-refractivity contribution is 5.71. The van der Waals surface area contributed by atoms with Gasteiger partial charge in [-0.2, -0.15) is 0 Å². The lowest BCUT2D eigenvalue weighted by Crippen LogP contribution is -1.99. The zero-order valence-corrected chi connectivity index (χ0v) is 5.31. The average molecular weight is 124 g/mol. The molecule has 0 amide bonds. The smallest absolute Gasteiger partial charge is 0.0556 e. The molecule has 0 heterocycles. The molecule has 0 nitrogen and oxygen atoms in total. The minimum absolute atomic E-state index is 0.685. The van der Waals surface area contributed by atoms with Crippen LogP contribution in [0.25, 0.3) is 0 Å². The Bertz CT molecular complexity index is 343. The van der Waals surface area contributed by atoms with Crippen molar-refractivity contribution in [3.63, 3.8) is 0 Å². The first-order valence-corrected chi connectivity index (χ1v) is 2.69. The molecule has 44 valence electrons. The zero-order valence-electron chi connectivity index (χ0n) is 5.31. The Morgan fingerprint density at radius 3 is 2.10 bits per heavy atom. The van der Waals surface area contributed by atoms with E-state index in [0.717, 1.165) is 11.1 Å². The van der Waals surface area contributed by atoms with Crippen molar-refractivity contribution >= 4 is 0 Å². The maximum Gasteiger partial charge on any atom is 0.0556 e. The quantitative estimate of drug-likeness (QED) is 0.424. The number of rotatable bonds is 0. The van der Waals surface area contributed by atoms with E-state index >= 15 is 0 Å². The minimum Gasteiger partial charge on any atom is -0.115 e. The molecule has 0 bridgehead atoms. The molecule has 1 aliphatic carbocycles. The van der Waals surface area contributed by atoms with Crippen molar-refractivity contribution in [2.24, 2.45) is 0 Å². The first-order valence-electron chi connectivity index (χ1n) is 2.69. The van der Waals surface area contributed by atoms with E-state index in [-0.39, 0.29) is 0 Å². The van der Waals surface area contributed by atoms with E-state index in [1.807, 2.05) is 0 Å². The van der Waals surface area contributed by atoms with Crippen LogP contribution in [0.15, 0.2) is 22.8 Å². The van der Waals surface area contributed by atoms with E-state index in [1.54, 1.807) is 6.08 Å². The van der Waals surface area contributed by atoms with Gasteiger partial charge in [0.1, 0.15) is 0 Å². The van der Waals surface area contributed by atoms with Gasteiger partial charge in [0.2, 0.25) is 0 Å². The fraction of sp³-hybridized carbons (Fsp3) is 0. The first-order chi connectivity index (χ1) is 4.83. The molecular weight excluding hydrogens is 120 g/mol. The van der Waals surface area contributed by atoms with Crippen LogP contribution >= 0.6 is 0 Å². The summed E-state index contributed by atoms with van der Waals surface area (Å²) in [5, 5.41) is 0. The number of hydrogen-bond donors (Lipinski definition) is 0. The van der Waals surface area contributed by atoms with E-state index in [9.17, 15) is 0 Å². The van der Waals surface area contributed by atoms with Crippen LogP contribution in [0, 0.1) is 37.0 Å². The summed E-state index contributed by atoms with van der Waals surface area (Å²) in [7, 11) is 0. The van der Waals surface area contributed by atoms with Crippen molar-refractivity contribution in [3.05, 3.63) is 22.8 Å². The lowest BCUT2D eigenvalue weighted by atomic mass is 9.90. The van der Waals surface area contributed by atoms with E-state index in [2.05, 4.69) is 17.8 Å². The molecule has 0 radical (unpaired) electrons. The van der Waals surface area contributed by atoms with Crippen molar-refractivity contribution in [1.82, 2.24) is 0 Å². The predicted octanol–water partition coefficient (Wildman–Crippen LogP) is 1.12. The molecule has 1 rings (SSSR count). The fourth-order valence-electron chi connectivity index (χ4n) is 0.739. The third-order valence-corrected chi connectivity index (χ3v) is 1.28. The maximum absolute atomic E-state index is 5.13. The van der Waals surface area contributed by atoms with Crippen LogP contribution in [0.3, 0.4) is 0 Å². The Labute approximate surface area is 60.6 Å². The lowest BCUT2D eigenvalue weighted by molar-refractivity contribution is 1.46. The predicted molar refractivity (Wildman–Crippen MR) is 41.6 cm³/mol. The molecular formula is C10H4. The molecule has 1 aliphatic rings. The van der Waals surface area contributed by atoms with Gasteiger partial charge in [0.25, 0.3) is 0 Å². The van der Waals surface area contributed by atoms with Crippen LogP contribution in [0.5, 0.6) is 0 Å². The molecule has 0 aromatic rings. The second-order valence-corrected chi connectivity index (χ2v) is 1.78. The van der Waals surface area contributed by atoms with Gasteiger partial charge in [0, 0.05) is 11.1 Å². The monoisotopic (exact) mass is 124 g/mol. The van der Waals surface area contributed by atoms with Crippen LogP contribution in [0.1, 0.15) is 0 Å². The molecule has 0 aliphatic heterocycles. The minimum atomic E-state index is 0.685. The van der Waals surface area contributed by atoms with E-state index in [4.69, 9.17) is 19.3 Å². The SMILES string of the molecule is C#CC1=CC(C#C)=C1C#C. The molecule has 0 spiro atoms. The molecule has 0 heteroatoms. The second kappa shape index (κ2) is 2.18. The Balaban J connectivity index is 2.99. The Morgan fingerprint density at radius 1 is 1.00 bits per heavy atom. The molecule has 0 fully saturated rings. The summed E-state index contributed by atoms with van der Waals surface area (Å²) in [5.41, 5.74) is 2.15. The van der Waals surface area contributed by atoms with Gasteiger partial charge in [-0.25, -0.2) is 0 Å². The highest BCUT2D eigenvalue weighted by Gasteiger charge is 2.13. The number of hydrogen-bond acceptors (Lipinski definition) is 0. The lowest BCUT2D eigenvalue weighted by Gasteiger charge is -2.10. The summed E-state index contributed by atoms with van der Waals surface area (Å²) in [6.45, 7) is 0. The fourth-order valence-corrected chi connectivity index (χ4v) is 0.739. The molecule has 0 atom stereocenters. The Hall–Kier alpha value is -1.84. The Morgan fingerprint density at radius 2 is 1.70 bits per heavy atom. The summed E-state index contributed by atoms with van der Waals surface area (Å²) in [4.78, 5) is 0. The van der Waals surface area contributed by atoms with Gasteiger partial charge in [0.15, 0.2) is 0 Å². The van der Waals surface area contributed by atoms with Gasteiger partial charge in [-0.05, 0) is 6.08 Å². The van der Waals surface area contributed by atoms with Gasteiger partial charge >= 0.3 is 0 Å². The van der Waals surface area contributed by atoms with Gasteiger partial charge in [-0.1, -0.05) is 17.8 Å². The maximum atomic E-state index is 5.13. The zero-order chi connectivity index (χ0) is 7.56. The molecule has 0 N–H and O–H groups in total. The molecule has 0 unspecified atom stereocenters. The van der Waals surface area contributed by atoms with Crippen molar-refractivity contribution in [3.8, 4) is 37.0 Å². The van der Waals surface area contributed by atoms with Gasteiger partial charge in [-0.3, -0.25) is 0 Å². The second-order valence-electron chi connectivity index (χ2n) is 1.78. The van der Waals surface area contributed by atoms with Gasteiger partial charge < -0.3 is 0 Å². The highest BCUT2D eigenvalue weighted by Crippen LogP contribution is 2.24. The molecule has 10 heavy (non-hydrogen) atoms. The third kappa shape index (κ3) is 0.628. The van der Waals surface area contributed by atoms with Crippen molar-refractivity contribution in [1.29, 1.82) is 0 Å². The molecule has 0 aromatic heterocycles. The summed E-state index contributed by atoms with van der Waals surface area (Å²) in [5.74, 6) is 7.29. The first kappa shape index (κ1) is 6.28. The number of terminal acetylenes is 3. The molecule has 0 saturated heterocycles. The normalized spacial score (nSPS) is 13.9. The standard InChI is InChI=1S/C10H4/c1-4-8-7-9(5-2)10(8)6-3/h1-3,7H. The van der Waals surface area contributed by atoms with Crippen LogP contribution in [-0.2, 0) is 0 Å². The summed E-state index contributed by atoms with van der Waals surface area (Å²) >= 11 is 0. The molecule has 0 saturated carbocycles. The average Bonchev–Trinajstić information content (AvgIpc) is 1.89. The third-order valence-electron chi connectivity index (χ3n) is 1.28.